The summed E-state index contributed by atoms with van der Waals surface area (Å²) < 4.78 is 10.8. The molecular formula is C18H21NO3. The molecule has 22 heavy (non-hydrogen) atoms. The molecule has 2 unspecified atom stereocenters. The van der Waals surface area contributed by atoms with Gasteiger partial charge in [-0.25, -0.2) is 0 Å². The number of hydrogen-bond acceptors (Lipinski definition) is 3. The van der Waals surface area contributed by atoms with Crippen molar-refractivity contribution < 1.29 is 14.3 Å². The molecule has 2 atom stereocenters. The largest absolute Gasteiger partial charge is 0.454 e. The molecule has 1 heterocycles. The van der Waals surface area contributed by atoms with E-state index in [0.29, 0.717) is 18.6 Å². The van der Waals surface area contributed by atoms with E-state index in [1.165, 1.54) is 18.4 Å². The first-order chi connectivity index (χ1) is 10.8. The summed E-state index contributed by atoms with van der Waals surface area (Å²) in [7, 11) is 0. The van der Waals surface area contributed by atoms with Crippen molar-refractivity contribution in [2.24, 2.45) is 17.8 Å². The Morgan fingerprint density at radius 3 is 2.82 bits per heavy atom. The molecule has 4 heteroatoms. The number of hydrogen-bond donors (Lipinski definition) is 1. The number of benzene rings is 1. The minimum absolute atomic E-state index is 0.126. The Balaban J connectivity index is 1.24. The summed E-state index contributed by atoms with van der Waals surface area (Å²) in [6.07, 6.45) is 6.09. The van der Waals surface area contributed by atoms with Crippen molar-refractivity contribution in [3.63, 3.8) is 0 Å². The zero-order valence-electron chi connectivity index (χ0n) is 12.6. The van der Waals surface area contributed by atoms with Crippen LogP contribution in [0.3, 0.4) is 0 Å². The molecule has 1 amide bonds. The highest BCUT2D eigenvalue weighted by atomic mass is 16.7. The normalized spacial score (nSPS) is 30.0. The Hall–Kier alpha value is -1.71. The topological polar surface area (TPSA) is 47.6 Å². The van der Waals surface area contributed by atoms with Crippen LogP contribution in [0.1, 0.15) is 37.7 Å². The summed E-state index contributed by atoms with van der Waals surface area (Å²) in [6.45, 7) is 1.08. The highest BCUT2D eigenvalue weighted by molar-refractivity contribution is 5.81. The number of amides is 1. The van der Waals surface area contributed by atoms with Gasteiger partial charge in [0.2, 0.25) is 12.7 Å². The minimum Gasteiger partial charge on any atom is -0.454 e. The van der Waals surface area contributed by atoms with Crippen LogP contribution in [0.25, 0.3) is 0 Å². The predicted octanol–water partition coefficient (Wildman–Crippen LogP) is 2.61. The summed E-state index contributed by atoms with van der Waals surface area (Å²) in [6, 6.07) is 6.20. The first-order valence-corrected chi connectivity index (χ1v) is 8.43. The van der Waals surface area contributed by atoms with E-state index in [0.717, 1.165) is 43.2 Å². The van der Waals surface area contributed by atoms with Gasteiger partial charge in [-0.05, 0) is 61.6 Å². The lowest BCUT2D eigenvalue weighted by Gasteiger charge is -2.17. The van der Waals surface area contributed by atoms with Crippen LogP contribution in [0.2, 0.25) is 0 Å². The van der Waals surface area contributed by atoms with Gasteiger partial charge in [0.1, 0.15) is 0 Å². The van der Waals surface area contributed by atoms with Crippen LogP contribution in [0.4, 0.5) is 0 Å². The Bertz CT molecular complexity index is 633. The number of ether oxygens (including phenoxy) is 2. The second-order valence-electron chi connectivity index (χ2n) is 7.41. The van der Waals surface area contributed by atoms with Crippen LogP contribution in [0, 0.1) is 17.8 Å². The van der Waals surface area contributed by atoms with E-state index < -0.39 is 0 Å². The minimum atomic E-state index is 0.126. The molecular weight excluding hydrogens is 278 g/mol. The Labute approximate surface area is 130 Å². The van der Waals surface area contributed by atoms with E-state index in [4.69, 9.17) is 9.47 Å². The second kappa shape index (κ2) is 4.40. The van der Waals surface area contributed by atoms with Gasteiger partial charge >= 0.3 is 0 Å². The SMILES string of the molecule is O=C(NCC1(c2ccc3c(c2)OCO3)CC1)C1CC1C1CC1. The second-order valence-corrected chi connectivity index (χ2v) is 7.41. The third kappa shape index (κ3) is 2.08. The molecule has 1 aliphatic heterocycles. The van der Waals surface area contributed by atoms with Crippen molar-refractivity contribution in [3.05, 3.63) is 23.8 Å². The molecule has 0 saturated heterocycles. The quantitative estimate of drug-likeness (QED) is 0.909. The lowest BCUT2D eigenvalue weighted by Crippen LogP contribution is -2.33. The van der Waals surface area contributed by atoms with Crippen LogP contribution >= 0.6 is 0 Å². The molecule has 116 valence electrons. The van der Waals surface area contributed by atoms with Crippen LogP contribution in [0.5, 0.6) is 11.5 Å². The molecule has 0 radical (unpaired) electrons. The van der Waals surface area contributed by atoms with Gasteiger partial charge in [-0.3, -0.25) is 4.79 Å². The highest BCUT2D eigenvalue weighted by Crippen LogP contribution is 2.55. The molecule has 0 bridgehead atoms. The van der Waals surface area contributed by atoms with Gasteiger partial charge < -0.3 is 14.8 Å². The van der Waals surface area contributed by atoms with E-state index >= 15 is 0 Å². The van der Waals surface area contributed by atoms with Gasteiger partial charge in [0, 0.05) is 17.9 Å². The third-order valence-corrected chi connectivity index (χ3v) is 5.84. The van der Waals surface area contributed by atoms with Crippen molar-refractivity contribution in [3.8, 4) is 11.5 Å². The number of carbonyl (C=O) groups excluding carboxylic acids is 1. The number of fused-ring (bicyclic) bond motifs is 1. The van der Waals surface area contributed by atoms with Crippen molar-refractivity contribution >= 4 is 5.91 Å². The van der Waals surface area contributed by atoms with Gasteiger partial charge in [-0.15, -0.1) is 0 Å². The summed E-state index contributed by atoms with van der Waals surface area (Å²) in [5.74, 6) is 3.81. The maximum absolute atomic E-state index is 12.3. The monoisotopic (exact) mass is 299 g/mol. The van der Waals surface area contributed by atoms with E-state index in [2.05, 4.69) is 17.4 Å². The van der Waals surface area contributed by atoms with Crippen molar-refractivity contribution in [2.75, 3.05) is 13.3 Å². The van der Waals surface area contributed by atoms with Crippen LogP contribution < -0.4 is 14.8 Å². The molecule has 5 rings (SSSR count). The fraction of sp³-hybridized carbons (Fsp3) is 0.611. The first kappa shape index (κ1) is 12.8. The molecule has 3 fully saturated rings. The molecule has 4 aliphatic rings. The first-order valence-electron chi connectivity index (χ1n) is 8.43. The number of rotatable bonds is 5. The molecule has 3 aliphatic carbocycles. The maximum Gasteiger partial charge on any atom is 0.231 e. The molecule has 1 aromatic carbocycles. The lowest BCUT2D eigenvalue weighted by atomic mass is 9.95. The molecule has 3 saturated carbocycles. The number of nitrogens with one attached hydrogen (secondary N) is 1. The molecule has 0 aromatic heterocycles. The Kier molecular flexibility index (Phi) is 2.56. The van der Waals surface area contributed by atoms with Gasteiger partial charge in [-0.2, -0.15) is 0 Å². The smallest absolute Gasteiger partial charge is 0.231 e. The fourth-order valence-electron chi connectivity index (χ4n) is 3.89. The van der Waals surface area contributed by atoms with E-state index in [1.54, 1.807) is 0 Å². The maximum atomic E-state index is 12.3. The zero-order valence-corrected chi connectivity index (χ0v) is 12.6. The molecule has 1 N–H and O–H groups in total. The average Bonchev–Trinajstić information content (AvgIpc) is 3.40. The molecule has 0 spiro atoms. The van der Waals surface area contributed by atoms with Crippen LogP contribution in [-0.4, -0.2) is 19.2 Å². The molecule has 4 nitrogen and oxygen atoms in total. The van der Waals surface area contributed by atoms with Crippen molar-refractivity contribution in [1.82, 2.24) is 5.32 Å². The van der Waals surface area contributed by atoms with Crippen LogP contribution in [0.15, 0.2) is 18.2 Å². The average molecular weight is 299 g/mol. The summed E-state index contributed by atoms with van der Waals surface area (Å²) in [4.78, 5) is 12.3. The Morgan fingerprint density at radius 1 is 1.23 bits per heavy atom. The van der Waals surface area contributed by atoms with Gasteiger partial charge in [0.25, 0.3) is 0 Å². The summed E-state index contributed by atoms with van der Waals surface area (Å²) in [5.41, 5.74) is 1.40. The van der Waals surface area contributed by atoms with E-state index in [9.17, 15) is 4.79 Å². The van der Waals surface area contributed by atoms with Gasteiger partial charge in [0.05, 0.1) is 0 Å². The predicted molar refractivity (Wildman–Crippen MR) is 80.8 cm³/mol. The summed E-state index contributed by atoms with van der Waals surface area (Å²) >= 11 is 0. The summed E-state index contributed by atoms with van der Waals surface area (Å²) in [5, 5.41) is 3.22. The van der Waals surface area contributed by atoms with Crippen molar-refractivity contribution in [1.29, 1.82) is 0 Å². The standard InChI is InChI=1S/C18H21NO3/c20-17(14-8-13(14)11-1-2-11)19-9-18(5-6-18)12-3-4-15-16(7-12)22-10-21-15/h3-4,7,11,13-14H,1-2,5-6,8-10H2,(H,19,20). The molecule has 1 aromatic rings. The zero-order chi connectivity index (χ0) is 14.7. The fourth-order valence-corrected chi connectivity index (χ4v) is 3.89. The lowest BCUT2D eigenvalue weighted by molar-refractivity contribution is -0.122. The number of carbonyl (C=O) groups is 1. The van der Waals surface area contributed by atoms with Gasteiger partial charge in [0.15, 0.2) is 11.5 Å². The Morgan fingerprint density at radius 2 is 2.05 bits per heavy atom. The highest BCUT2D eigenvalue weighted by Gasteiger charge is 2.52. The van der Waals surface area contributed by atoms with E-state index in [1.807, 2.05) is 6.07 Å². The third-order valence-electron chi connectivity index (χ3n) is 5.84. The van der Waals surface area contributed by atoms with E-state index in [-0.39, 0.29) is 11.3 Å². The van der Waals surface area contributed by atoms with Crippen molar-refractivity contribution in [2.45, 2.75) is 37.5 Å². The van der Waals surface area contributed by atoms with Crippen LogP contribution in [-0.2, 0) is 10.2 Å². The van der Waals surface area contributed by atoms with Gasteiger partial charge in [-0.1, -0.05) is 6.07 Å².